The number of methoxy groups -OCH3 is 1. The van der Waals surface area contributed by atoms with Crippen molar-refractivity contribution in [2.75, 3.05) is 33.3 Å². The minimum atomic E-state index is 0.0000975. The fraction of sp³-hybridized carbons (Fsp3) is 0.444. The van der Waals surface area contributed by atoms with Crippen LogP contribution in [0.25, 0.3) is 0 Å². The summed E-state index contributed by atoms with van der Waals surface area (Å²) < 4.78 is 7.82. The lowest BCUT2D eigenvalue weighted by Gasteiger charge is -2.34. The van der Waals surface area contributed by atoms with E-state index in [0.717, 1.165) is 36.4 Å². The third-order valence-electron chi connectivity index (χ3n) is 4.44. The molecule has 1 fully saturated rings. The number of ether oxygens (including phenoxy) is 1. The number of aromatic nitrogens is 2. The minimum absolute atomic E-state index is 0.0000975. The van der Waals surface area contributed by atoms with Gasteiger partial charge in [0.15, 0.2) is 5.69 Å². The van der Waals surface area contributed by atoms with Gasteiger partial charge < -0.3 is 9.64 Å². The highest BCUT2D eigenvalue weighted by molar-refractivity contribution is 9.10. The van der Waals surface area contributed by atoms with E-state index in [2.05, 4.69) is 38.1 Å². The average molecular weight is 407 g/mol. The van der Waals surface area contributed by atoms with Gasteiger partial charge in [-0.3, -0.25) is 14.4 Å². The van der Waals surface area contributed by atoms with Gasteiger partial charge in [0.2, 0.25) is 0 Å². The molecule has 7 heteroatoms. The summed E-state index contributed by atoms with van der Waals surface area (Å²) in [6, 6.07) is 8.13. The molecule has 0 bridgehead atoms. The lowest BCUT2D eigenvalue weighted by molar-refractivity contribution is 0.0621. The van der Waals surface area contributed by atoms with Crippen molar-refractivity contribution in [1.29, 1.82) is 0 Å². The van der Waals surface area contributed by atoms with Crippen LogP contribution in [0.2, 0.25) is 0 Å². The molecule has 134 valence electrons. The number of benzene rings is 1. The van der Waals surface area contributed by atoms with Gasteiger partial charge in [0.1, 0.15) is 5.75 Å². The Kier molecular flexibility index (Phi) is 5.75. The van der Waals surface area contributed by atoms with Crippen molar-refractivity contribution < 1.29 is 9.53 Å². The Bertz CT molecular complexity index is 738. The quantitative estimate of drug-likeness (QED) is 0.765. The Morgan fingerprint density at radius 2 is 2.04 bits per heavy atom. The van der Waals surface area contributed by atoms with E-state index >= 15 is 0 Å². The fourth-order valence-electron chi connectivity index (χ4n) is 2.99. The van der Waals surface area contributed by atoms with Crippen LogP contribution in [0.1, 0.15) is 23.0 Å². The molecule has 0 N–H and O–H groups in total. The lowest BCUT2D eigenvalue weighted by Crippen LogP contribution is -2.48. The fourth-order valence-corrected chi connectivity index (χ4v) is 3.48. The van der Waals surface area contributed by atoms with Crippen LogP contribution in [0, 0.1) is 0 Å². The predicted molar refractivity (Wildman–Crippen MR) is 99.8 cm³/mol. The Balaban J connectivity index is 1.57. The lowest BCUT2D eigenvalue weighted by atomic mass is 10.2. The van der Waals surface area contributed by atoms with Crippen LogP contribution in [0.15, 0.2) is 34.9 Å². The van der Waals surface area contributed by atoms with Crippen LogP contribution in [0.4, 0.5) is 0 Å². The summed E-state index contributed by atoms with van der Waals surface area (Å²) in [7, 11) is 1.68. The summed E-state index contributed by atoms with van der Waals surface area (Å²) in [6.45, 7) is 6.77. The first-order chi connectivity index (χ1) is 12.1. The number of halogens is 1. The maximum atomic E-state index is 12.7. The molecule has 0 atom stereocenters. The molecule has 1 saturated heterocycles. The van der Waals surface area contributed by atoms with Gasteiger partial charge >= 0.3 is 0 Å². The zero-order valence-corrected chi connectivity index (χ0v) is 16.2. The molecule has 0 unspecified atom stereocenters. The highest BCUT2D eigenvalue weighted by Crippen LogP contribution is 2.19. The Labute approximate surface area is 156 Å². The first-order valence-corrected chi connectivity index (χ1v) is 9.27. The van der Waals surface area contributed by atoms with Gasteiger partial charge in [-0.15, -0.1) is 0 Å². The van der Waals surface area contributed by atoms with E-state index in [1.54, 1.807) is 11.8 Å². The van der Waals surface area contributed by atoms with Gasteiger partial charge in [-0.2, -0.15) is 5.10 Å². The number of carbonyl (C=O) groups excluding carboxylic acids is 1. The number of piperazine rings is 1. The summed E-state index contributed by atoms with van der Waals surface area (Å²) in [5, 5.41) is 4.36. The number of carbonyl (C=O) groups is 1. The first kappa shape index (κ1) is 17.9. The maximum absolute atomic E-state index is 12.7. The van der Waals surface area contributed by atoms with Gasteiger partial charge in [0, 0.05) is 45.5 Å². The van der Waals surface area contributed by atoms with Crippen LogP contribution >= 0.6 is 15.9 Å². The zero-order valence-electron chi connectivity index (χ0n) is 14.6. The molecule has 1 aromatic heterocycles. The van der Waals surface area contributed by atoms with Crippen molar-refractivity contribution in [1.82, 2.24) is 19.6 Å². The van der Waals surface area contributed by atoms with Crippen LogP contribution in [0.5, 0.6) is 5.75 Å². The number of amides is 1. The second-order valence-corrected chi connectivity index (χ2v) is 6.96. The van der Waals surface area contributed by atoms with E-state index in [1.165, 1.54) is 5.56 Å². The normalized spacial score (nSPS) is 15.4. The van der Waals surface area contributed by atoms with E-state index < -0.39 is 0 Å². The van der Waals surface area contributed by atoms with E-state index in [0.29, 0.717) is 18.8 Å². The number of hydrogen-bond donors (Lipinski definition) is 0. The van der Waals surface area contributed by atoms with Crippen molar-refractivity contribution >= 4 is 21.8 Å². The van der Waals surface area contributed by atoms with E-state index in [-0.39, 0.29) is 5.91 Å². The number of hydrogen-bond acceptors (Lipinski definition) is 4. The summed E-state index contributed by atoms with van der Waals surface area (Å²) in [4.78, 5) is 16.9. The van der Waals surface area contributed by atoms with Gasteiger partial charge in [0.05, 0.1) is 11.6 Å². The Morgan fingerprint density at radius 1 is 1.28 bits per heavy atom. The first-order valence-electron chi connectivity index (χ1n) is 8.48. The van der Waals surface area contributed by atoms with Crippen molar-refractivity contribution in [2.24, 2.45) is 0 Å². The largest absolute Gasteiger partial charge is 0.497 e. The SMILES string of the molecule is CCn1cc(Br)c(C(=O)N2CCN(Cc3cccc(OC)c3)CC2)n1. The number of rotatable bonds is 5. The summed E-state index contributed by atoms with van der Waals surface area (Å²) >= 11 is 3.44. The summed E-state index contributed by atoms with van der Waals surface area (Å²) in [6.07, 6.45) is 1.85. The third kappa shape index (κ3) is 4.22. The molecule has 1 aromatic carbocycles. The van der Waals surface area contributed by atoms with E-state index in [4.69, 9.17) is 4.74 Å². The smallest absolute Gasteiger partial charge is 0.275 e. The Morgan fingerprint density at radius 3 is 2.68 bits per heavy atom. The molecule has 0 radical (unpaired) electrons. The molecule has 6 nitrogen and oxygen atoms in total. The summed E-state index contributed by atoms with van der Waals surface area (Å²) in [5.41, 5.74) is 1.73. The van der Waals surface area contributed by atoms with Crippen molar-refractivity contribution in [3.63, 3.8) is 0 Å². The van der Waals surface area contributed by atoms with E-state index in [9.17, 15) is 4.79 Å². The highest BCUT2D eigenvalue weighted by Gasteiger charge is 2.25. The van der Waals surface area contributed by atoms with Gasteiger partial charge in [-0.25, -0.2) is 0 Å². The molecule has 1 aliphatic rings. The molecular formula is C18H23BrN4O2. The highest BCUT2D eigenvalue weighted by atomic mass is 79.9. The van der Waals surface area contributed by atoms with Crippen LogP contribution in [0.3, 0.4) is 0 Å². The molecule has 0 aliphatic carbocycles. The topological polar surface area (TPSA) is 50.6 Å². The molecule has 2 aromatic rings. The molecule has 0 spiro atoms. The molecular weight excluding hydrogens is 384 g/mol. The second-order valence-electron chi connectivity index (χ2n) is 6.10. The third-order valence-corrected chi connectivity index (χ3v) is 5.02. The number of aryl methyl sites for hydroxylation is 1. The number of nitrogens with zero attached hydrogens (tertiary/aromatic N) is 4. The van der Waals surface area contributed by atoms with E-state index in [1.807, 2.05) is 30.2 Å². The zero-order chi connectivity index (χ0) is 17.8. The standard InChI is InChI=1S/C18H23BrN4O2/c1-3-23-13-16(19)17(20-23)18(24)22-9-7-21(8-10-22)12-14-5-4-6-15(11-14)25-2/h4-6,11,13H,3,7-10,12H2,1-2H3. The molecule has 0 saturated carbocycles. The van der Waals surface area contributed by atoms with Crippen molar-refractivity contribution in [2.45, 2.75) is 20.0 Å². The molecule has 25 heavy (non-hydrogen) atoms. The van der Waals surface area contributed by atoms with Crippen LogP contribution in [-0.2, 0) is 13.1 Å². The molecule has 1 aliphatic heterocycles. The molecule has 2 heterocycles. The summed E-state index contributed by atoms with van der Waals surface area (Å²) in [5.74, 6) is 0.878. The van der Waals surface area contributed by atoms with Gasteiger partial charge in [-0.1, -0.05) is 12.1 Å². The average Bonchev–Trinajstić information content (AvgIpc) is 3.03. The molecule has 1 amide bonds. The van der Waals surface area contributed by atoms with Crippen molar-refractivity contribution in [3.05, 3.63) is 46.2 Å². The second kappa shape index (κ2) is 8.01. The monoisotopic (exact) mass is 406 g/mol. The Hall–Kier alpha value is -1.86. The van der Waals surface area contributed by atoms with Crippen LogP contribution < -0.4 is 4.74 Å². The van der Waals surface area contributed by atoms with Crippen molar-refractivity contribution in [3.8, 4) is 5.75 Å². The maximum Gasteiger partial charge on any atom is 0.275 e. The van der Waals surface area contributed by atoms with Crippen LogP contribution in [-0.4, -0.2) is 58.8 Å². The van der Waals surface area contributed by atoms with Gasteiger partial charge in [0.25, 0.3) is 5.91 Å². The minimum Gasteiger partial charge on any atom is -0.497 e. The molecule has 3 rings (SSSR count). The predicted octanol–water partition coefficient (Wildman–Crippen LogP) is 2.63. The van der Waals surface area contributed by atoms with Gasteiger partial charge in [-0.05, 0) is 40.5 Å².